The van der Waals surface area contributed by atoms with Gasteiger partial charge in [0.1, 0.15) is 0 Å². The molecule has 2 nitrogen and oxygen atoms in total. The summed E-state index contributed by atoms with van der Waals surface area (Å²) in [5.41, 5.74) is 5.28. The summed E-state index contributed by atoms with van der Waals surface area (Å²) in [7, 11) is 0. The Bertz CT molecular complexity index is 696. The molecule has 100 valence electrons. The number of nitrogens with zero attached hydrogens (tertiary/aromatic N) is 2. The molecule has 0 bridgehead atoms. The second kappa shape index (κ2) is 4.57. The van der Waals surface area contributed by atoms with Crippen molar-refractivity contribution in [2.24, 2.45) is 0 Å². The van der Waals surface area contributed by atoms with Gasteiger partial charge in [-0.2, -0.15) is 0 Å². The molecule has 0 saturated heterocycles. The van der Waals surface area contributed by atoms with E-state index in [0.29, 0.717) is 0 Å². The molecule has 0 radical (unpaired) electrons. The molecule has 1 unspecified atom stereocenters. The van der Waals surface area contributed by atoms with Crippen LogP contribution in [0.15, 0.2) is 59.6 Å². The van der Waals surface area contributed by atoms with Crippen LogP contribution in [0.25, 0.3) is 5.70 Å². The minimum Gasteiger partial charge on any atom is -0.314 e. The highest BCUT2D eigenvalue weighted by Crippen LogP contribution is 2.51. The number of rotatable bonds is 1. The molecule has 2 aromatic rings. The van der Waals surface area contributed by atoms with Crippen LogP contribution >= 0.6 is 27.9 Å². The summed E-state index contributed by atoms with van der Waals surface area (Å²) in [5.74, 6) is 0. The van der Waals surface area contributed by atoms with Gasteiger partial charge in [-0.1, -0.05) is 53.7 Å². The molecule has 0 amide bonds. The lowest BCUT2D eigenvalue weighted by Gasteiger charge is -2.22. The van der Waals surface area contributed by atoms with Crippen molar-refractivity contribution in [1.82, 2.24) is 3.93 Å². The fraction of sp³-hybridized carbons (Fsp3) is 0.125. The molecule has 0 spiro atoms. The Hall–Kier alpha value is -1.39. The van der Waals surface area contributed by atoms with E-state index in [9.17, 15) is 0 Å². The van der Waals surface area contributed by atoms with E-state index in [4.69, 9.17) is 0 Å². The van der Waals surface area contributed by atoms with Gasteiger partial charge in [0.2, 0.25) is 0 Å². The van der Waals surface area contributed by atoms with Gasteiger partial charge in [-0.3, -0.25) is 3.93 Å². The van der Waals surface area contributed by atoms with Crippen LogP contribution in [-0.4, -0.2) is 9.42 Å². The average Bonchev–Trinajstić information content (AvgIpc) is 2.98. The number of hydrogen-bond acceptors (Lipinski definition) is 3. The summed E-state index contributed by atoms with van der Waals surface area (Å²) in [4.78, 5) is 3.66. The normalized spacial score (nSPS) is 19.9. The fourth-order valence-corrected chi connectivity index (χ4v) is 4.49. The highest BCUT2D eigenvalue weighted by Gasteiger charge is 2.39. The second-order valence-corrected chi connectivity index (χ2v) is 6.87. The van der Waals surface area contributed by atoms with Crippen molar-refractivity contribution in [2.45, 2.75) is 17.3 Å². The van der Waals surface area contributed by atoms with E-state index in [1.165, 1.54) is 27.4 Å². The van der Waals surface area contributed by atoms with Gasteiger partial charge in [0.15, 0.2) is 5.50 Å². The van der Waals surface area contributed by atoms with Gasteiger partial charge in [0, 0.05) is 16.7 Å². The maximum atomic E-state index is 3.73. The van der Waals surface area contributed by atoms with Crippen molar-refractivity contribution in [1.29, 1.82) is 0 Å². The van der Waals surface area contributed by atoms with Crippen molar-refractivity contribution in [3.05, 3.63) is 65.9 Å². The fourth-order valence-electron chi connectivity index (χ4n) is 2.58. The van der Waals surface area contributed by atoms with Crippen molar-refractivity contribution >= 4 is 39.3 Å². The molecule has 0 saturated carbocycles. The molecule has 2 heterocycles. The number of anilines is 1. The van der Waals surface area contributed by atoms with Crippen LogP contribution in [0.4, 0.5) is 5.69 Å². The standard InChI is InChI=1S/C16H13BrN2S/c1-11-6-8-12(9-7-11)14-10-18-13-4-2-3-5-15(13)20-16(18)19(14)17/h2-10,16H,1H3. The van der Waals surface area contributed by atoms with Gasteiger partial charge in [-0.25, -0.2) is 0 Å². The van der Waals surface area contributed by atoms with Crippen LogP contribution in [0, 0.1) is 6.92 Å². The predicted octanol–water partition coefficient (Wildman–Crippen LogP) is 4.81. The third-order valence-electron chi connectivity index (χ3n) is 3.65. The topological polar surface area (TPSA) is 6.48 Å². The first kappa shape index (κ1) is 12.4. The minimum atomic E-state index is 0.267. The summed E-state index contributed by atoms with van der Waals surface area (Å²) in [5, 5.41) is 0. The van der Waals surface area contributed by atoms with Crippen LogP contribution in [0.1, 0.15) is 11.1 Å². The highest BCUT2D eigenvalue weighted by atomic mass is 79.9. The lowest BCUT2D eigenvalue weighted by molar-refractivity contribution is 0.665. The highest BCUT2D eigenvalue weighted by molar-refractivity contribution is 9.07. The van der Waals surface area contributed by atoms with E-state index in [0.717, 1.165) is 0 Å². The van der Waals surface area contributed by atoms with Crippen molar-refractivity contribution in [3.63, 3.8) is 0 Å². The second-order valence-electron chi connectivity index (χ2n) is 5.01. The van der Waals surface area contributed by atoms with Gasteiger partial charge in [0.05, 0.1) is 27.5 Å². The molecule has 0 aliphatic carbocycles. The Kier molecular flexibility index (Phi) is 2.82. The van der Waals surface area contributed by atoms with E-state index in [2.05, 4.69) is 86.6 Å². The number of benzene rings is 2. The van der Waals surface area contributed by atoms with Crippen LogP contribution in [0.5, 0.6) is 0 Å². The third-order valence-corrected chi connectivity index (χ3v) is 5.94. The molecule has 0 aromatic heterocycles. The molecular formula is C16H13BrN2S. The zero-order valence-electron chi connectivity index (χ0n) is 11.0. The third kappa shape index (κ3) is 1.79. The summed E-state index contributed by atoms with van der Waals surface area (Å²) >= 11 is 5.60. The zero-order chi connectivity index (χ0) is 13.7. The molecule has 20 heavy (non-hydrogen) atoms. The van der Waals surface area contributed by atoms with Gasteiger partial charge in [0.25, 0.3) is 0 Å². The summed E-state index contributed by atoms with van der Waals surface area (Å²) in [6, 6.07) is 17.2. The van der Waals surface area contributed by atoms with Crippen LogP contribution in [0.3, 0.4) is 0 Å². The molecule has 1 atom stereocenters. The number of aryl methyl sites for hydroxylation is 1. The summed E-state index contributed by atoms with van der Waals surface area (Å²) in [6.45, 7) is 2.11. The summed E-state index contributed by atoms with van der Waals surface area (Å²) in [6.07, 6.45) is 2.23. The number of halogens is 1. The summed E-state index contributed by atoms with van der Waals surface area (Å²) < 4.78 is 2.17. The van der Waals surface area contributed by atoms with Gasteiger partial charge >= 0.3 is 0 Å². The smallest absolute Gasteiger partial charge is 0.169 e. The number of para-hydroxylation sites is 1. The van der Waals surface area contributed by atoms with E-state index >= 15 is 0 Å². The largest absolute Gasteiger partial charge is 0.314 e. The van der Waals surface area contributed by atoms with Crippen LogP contribution in [0.2, 0.25) is 0 Å². The first-order chi connectivity index (χ1) is 9.74. The van der Waals surface area contributed by atoms with Crippen molar-refractivity contribution < 1.29 is 0 Å². The molecule has 2 aliphatic heterocycles. The van der Waals surface area contributed by atoms with Gasteiger partial charge < -0.3 is 4.90 Å². The van der Waals surface area contributed by atoms with Crippen LogP contribution in [-0.2, 0) is 0 Å². The molecule has 0 N–H and O–H groups in total. The lowest BCUT2D eigenvalue weighted by Crippen LogP contribution is -2.27. The van der Waals surface area contributed by atoms with Gasteiger partial charge in [-0.05, 0) is 19.1 Å². The Labute approximate surface area is 131 Å². The average molecular weight is 345 g/mol. The first-order valence-electron chi connectivity index (χ1n) is 6.52. The van der Waals surface area contributed by atoms with Gasteiger partial charge in [-0.15, -0.1) is 0 Å². The monoisotopic (exact) mass is 344 g/mol. The number of thioether (sulfide) groups is 1. The number of hydrogen-bond donors (Lipinski definition) is 0. The SMILES string of the molecule is Cc1ccc(C2=CN3c4ccccc4SC3N2Br)cc1. The van der Waals surface area contributed by atoms with Crippen molar-refractivity contribution in [2.75, 3.05) is 4.90 Å². The minimum absolute atomic E-state index is 0.267. The van der Waals surface area contributed by atoms with E-state index < -0.39 is 0 Å². The lowest BCUT2D eigenvalue weighted by atomic mass is 10.1. The maximum absolute atomic E-state index is 3.73. The van der Waals surface area contributed by atoms with E-state index in [1.54, 1.807) is 0 Å². The van der Waals surface area contributed by atoms with Crippen molar-refractivity contribution in [3.8, 4) is 0 Å². The predicted molar refractivity (Wildman–Crippen MR) is 88.5 cm³/mol. The molecule has 4 rings (SSSR count). The van der Waals surface area contributed by atoms with E-state index in [-0.39, 0.29) is 5.50 Å². The Morgan fingerprint density at radius 1 is 1.05 bits per heavy atom. The maximum Gasteiger partial charge on any atom is 0.169 e. The molecule has 0 fully saturated rings. The van der Waals surface area contributed by atoms with E-state index in [1.807, 2.05) is 11.8 Å². The Morgan fingerprint density at radius 3 is 2.60 bits per heavy atom. The molecule has 4 heteroatoms. The number of fused-ring (bicyclic) bond motifs is 3. The molecule has 2 aromatic carbocycles. The first-order valence-corrected chi connectivity index (χ1v) is 8.11. The Morgan fingerprint density at radius 2 is 1.80 bits per heavy atom. The molecule has 2 aliphatic rings. The van der Waals surface area contributed by atoms with Crippen LogP contribution < -0.4 is 4.90 Å². The Balaban J connectivity index is 1.76. The zero-order valence-corrected chi connectivity index (χ0v) is 13.4. The molecular weight excluding hydrogens is 332 g/mol. The quantitative estimate of drug-likeness (QED) is 0.685.